The molecule has 146 valence electrons. The number of amides is 1. The minimum atomic E-state index is 0.147. The van der Waals surface area contributed by atoms with Crippen LogP contribution in [0.3, 0.4) is 0 Å². The molecule has 2 atom stereocenters. The van der Waals surface area contributed by atoms with Gasteiger partial charge in [0.25, 0.3) is 0 Å². The van der Waals surface area contributed by atoms with E-state index < -0.39 is 0 Å². The highest BCUT2D eigenvalue weighted by molar-refractivity contribution is 7.09. The molecule has 0 saturated carbocycles. The predicted molar refractivity (Wildman–Crippen MR) is 104 cm³/mol. The molecule has 0 aliphatic carbocycles. The van der Waals surface area contributed by atoms with Crippen molar-refractivity contribution in [3.63, 3.8) is 0 Å². The zero-order chi connectivity index (χ0) is 18.5. The van der Waals surface area contributed by atoms with Gasteiger partial charge >= 0.3 is 0 Å². The molecule has 1 N–H and O–H groups in total. The molecule has 0 bridgehead atoms. The first-order valence-corrected chi connectivity index (χ1v) is 10.6. The Balaban J connectivity index is 1.57. The standard InChI is InChI=1S/C19H32N4O2S/c1-15-20-18(14-26-15)9-19(25)23-11-16(8-17(12-23)13-24)10-22-5-3-4-21(2)6-7-22/h14,16-17,24H,3-13H2,1-2H3/t16-,17+/m1/s1. The van der Waals surface area contributed by atoms with Crippen molar-refractivity contribution in [3.8, 4) is 0 Å². The Bertz CT molecular complexity index is 594. The molecule has 0 aromatic carbocycles. The van der Waals surface area contributed by atoms with E-state index >= 15 is 0 Å². The largest absolute Gasteiger partial charge is 0.396 e. The van der Waals surface area contributed by atoms with E-state index in [1.54, 1.807) is 11.3 Å². The highest BCUT2D eigenvalue weighted by atomic mass is 32.1. The first kappa shape index (κ1) is 19.7. The van der Waals surface area contributed by atoms with Gasteiger partial charge in [-0.2, -0.15) is 0 Å². The molecule has 1 aromatic heterocycles. The number of aliphatic hydroxyl groups is 1. The Hall–Kier alpha value is -1.02. The summed E-state index contributed by atoms with van der Waals surface area (Å²) in [6.07, 6.45) is 2.60. The number of piperidine rings is 1. The number of nitrogens with zero attached hydrogens (tertiary/aromatic N) is 4. The van der Waals surface area contributed by atoms with Gasteiger partial charge in [-0.1, -0.05) is 0 Å². The molecular weight excluding hydrogens is 348 g/mol. The van der Waals surface area contributed by atoms with Gasteiger partial charge in [0.1, 0.15) is 0 Å². The quantitative estimate of drug-likeness (QED) is 0.829. The number of hydrogen-bond donors (Lipinski definition) is 1. The minimum absolute atomic E-state index is 0.147. The van der Waals surface area contributed by atoms with Crippen molar-refractivity contribution < 1.29 is 9.90 Å². The van der Waals surface area contributed by atoms with Crippen LogP contribution in [0.25, 0.3) is 0 Å². The molecule has 1 aromatic rings. The molecule has 26 heavy (non-hydrogen) atoms. The summed E-state index contributed by atoms with van der Waals surface area (Å²) in [6.45, 7) is 9.17. The van der Waals surface area contributed by atoms with E-state index in [0.29, 0.717) is 18.9 Å². The third-order valence-corrected chi connectivity index (χ3v) is 6.38. The lowest BCUT2D eigenvalue weighted by molar-refractivity contribution is -0.134. The van der Waals surface area contributed by atoms with Crippen LogP contribution in [-0.4, -0.2) is 90.2 Å². The van der Waals surface area contributed by atoms with Gasteiger partial charge < -0.3 is 19.8 Å². The summed E-state index contributed by atoms with van der Waals surface area (Å²) in [6, 6.07) is 0. The number of thiazole rings is 1. The number of carbonyl (C=O) groups excluding carboxylic acids is 1. The molecule has 2 aliphatic heterocycles. The Morgan fingerprint density at radius 3 is 2.81 bits per heavy atom. The van der Waals surface area contributed by atoms with Crippen LogP contribution >= 0.6 is 11.3 Å². The average Bonchev–Trinajstić information content (AvgIpc) is 2.92. The lowest BCUT2D eigenvalue weighted by Crippen LogP contribution is -2.48. The van der Waals surface area contributed by atoms with Crippen LogP contribution in [-0.2, 0) is 11.2 Å². The fourth-order valence-electron chi connectivity index (χ4n) is 4.19. The van der Waals surface area contributed by atoms with Crippen molar-refractivity contribution in [3.05, 3.63) is 16.1 Å². The topological polar surface area (TPSA) is 59.9 Å². The number of likely N-dealkylation sites (tertiary alicyclic amines) is 1. The van der Waals surface area contributed by atoms with Crippen LogP contribution in [0.15, 0.2) is 5.38 Å². The first-order valence-electron chi connectivity index (χ1n) is 9.74. The maximum Gasteiger partial charge on any atom is 0.228 e. The summed E-state index contributed by atoms with van der Waals surface area (Å²) in [4.78, 5) is 24.1. The van der Waals surface area contributed by atoms with Crippen molar-refractivity contribution in [2.75, 3.05) is 59.5 Å². The van der Waals surface area contributed by atoms with E-state index in [1.807, 2.05) is 17.2 Å². The Morgan fingerprint density at radius 2 is 2.08 bits per heavy atom. The maximum atomic E-state index is 12.8. The molecule has 1 amide bonds. The summed E-state index contributed by atoms with van der Waals surface area (Å²) >= 11 is 1.59. The lowest BCUT2D eigenvalue weighted by Gasteiger charge is -2.39. The Morgan fingerprint density at radius 1 is 1.27 bits per heavy atom. The van der Waals surface area contributed by atoms with Gasteiger partial charge in [0.2, 0.25) is 5.91 Å². The number of hydrogen-bond acceptors (Lipinski definition) is 6. The number of aryl methyl sites for hydroxylation is 1. The van der Waals surface area contributed by atoms with Crippen LogP contribution in [0.1, 0.15) is 23.5 Å². The second kappa shape index (κ2) is 9.26. The van der Waals surface area contributed by atoms with Crippen molar-refractivity contribution in [1.29, 1.82) is 0 Å². The summed E-state index contributed by atoms with van der Waals surface area (Å²) in [5.41, 5.74) is 0.871. The van der Waals surface area contributed by atoms with Crippen LogP contribution in [0.4, 0.5) is 0 Å². The monoisotopic (exact) mass is 380 g/mol. The van der Waals surface area contributed by atoms with Crippen LogP contribution in [0, 0.1) is 18.8 Å². The highest BCUT2D eigenvalue weighted by Gasteiger charge is 2.31. The average molecular weight is 381 g/mol. The molecule has 7 heteroatoms. The van der Waals surface area contributed by atoms with Gasteiger partial charge in [-0.05, 0) is 51.7 Å². The first-order chi connectivity index (χ1) is 12.5. The normalized spacial score (nSPS) is 26.0. The maximum absolute atomic E-state index is 12.8. The van der Waals surface area contributed by atoms with E-state index in [-0.39, 0.29) is 18.4 Å². The Labute approximate surface area is 160 Å². The predicted octanol–water partition coefficient (Wildman–Crippen LogP) is 1.09. The third kappa shape index (κ3) is 5.49. The second-order valence-corrected chi connectivity index (χ2v) is 9.00. The third-order valence-electron chi connectivity index (χ3n) is 5.56. The molecule has 6 nitrogen and oxygen atoms in total. The fraction of sp³-hybridized carbons (Fsp3) is 0.789. The number of rotatable bonds is 5. The minimum Gasteiger partial charge on any atom is -0.396 e. The smallest absolute Gasteiger partial charge is 0.228 e. The Kier molecular flexibility index (Phi) is 7.03. The summed E-state index contributed by atoms with van der Waals surface area (Å²) in [7, 11) is 2.19. The molecule has 3 heterocycles. The molecule has 0 spiro atoms. The van der Waals surface area contributed by atoms with E-state index in [2.05, 4.69) is 21.8 Å². The molecule has 3 rings (SSSR count). The molecule has 2 saturated heterocycles. The lowest BCUT2D eigenvalue weighted by atomic mass is 9.89. The molecule has 0 unspecified atom stereocenters. The van der Waals surface area contributed by atoms with Crippen LogP contribution in [0.5, 0.6) is 0 Å². The summed E-state index contributed by atoms with van der Waals surface area (Å²) in [5.74, 6) is 0.795. The van der Waals surface area contributed by atoms with E-state index in [1.165, 1.54) is 6.42 Å². The molecule has 2 aliphatic rings. The van der Waals surface area contributed by atoms with Gasteiger partial charge in [-0.25, -0.2) is 4.98 Å². The highest BCUT2D eigenvalue weighted by Crippen LogP contribution is 2.24. The summed E-state index contributed by atoms with van der Waals surface area (Å²) < 4.78 is 0. The van der Waals surface area contributed by atoms with Gasteiger partial charge in [-0.3, -0.25) is 4.79 Å². The van der Waals surface area contributed by atoms with Crippen molar-refractivity contribution in [2.45, 2.75) is 26.2 Å². The van der Waals surface area contributed by atoms with E-state index in [4.69, 9.17) is 0 Å². The van der Waals surface area contributed by atoms with Gasteiger partial charge in [0, 0.05) is 44.7 Å². The number of carbonyl (C=O) groups is 1. The van der Waals surface area contributed by atoms with Gasteiger partial charge in [0.15, 0.2) is 0 Å². The van der Waals surface area contributed by atoms with Crippen LogP contribution < -0.4 is 0 Å². The second-order valence-electron chi connectivity index (χ2n) is 7.94. The number of aromatic nitrogens is 1. The number of likely N-dealkylation sites (N-methyl/N-ethyl adjacent to an activating group) is 1. The fourth-order valence-corrected chi connectivity index (χ4v) is 4.80. The van der Waals surface area contributed by atoms with E-state index in [0.717, 1.165) is 56.4 Å². The van der Waals surface area contributed by atoms with Crippen LogP contribution in [0.2, 0.25) is 0 Å². The van der Waals surface area contributed by atoms with Crippen molar-refractivity contribution in [1.82, 2.24) is 19.7 Å². The zero-order valence-electron chi connectivity index (χ0n) is 16.1. The van der Waals surface area contributed by atoms with Crippen molar-refractivity contribution in [2.24, 2.45) is 11.8 Å². The zero-order valence-corrected chi connectivity index (χ0v) is 16.9. The van der Waals surface area contributed by atoms with Gasteiger partial charge in [-0.15, -0.1) is 11.3 Å². The van der Waals surface area contributed by atoms with E-state index in [9.17, 15) is 9.90 Å². The van der Waals surface area contributed by atoms with Crippen molar-refractivity contribution >= 4 is 17.2 Å². The SMILES string of the molecule is Cc1nc(CC(=O)N2C[C@@H](CN3CCCN(C)CC3)C[C@H](CO)C2)cs1. The molecule has 2 fully saturated rings. The van der Waals surface area contributed by atoms with Gasteiger partial charge in [0.05, 0.1) is 17.1 Å². The molecular formula is C19H32N4O2S. The number of aliphatic hydroxyl groups excluding tert-OH is 1. The molecule has 0 radical (unpaired) electrons. The summed E-state index contributed by atoms with van der Waals surface area (Å²) in [5, 5.41) is 12.7.